The van der Waals surface area contributed by atoms with Crippen molar-refractivity contribution in [2.45, 2.75) is 6.92 Å². The molecular weight excluding hydrogens is 240 g/mol. The summed E-state index contributed by atoms with van der Waals surface area (Å²) in [5.41, 5.74) is 8.77. The molecule has 1 aromatic carbocycles. The minimum Gasteiger partial charge on any atom is -0.366 e. The Morgan fingerprint density at radius 3 is 2.74 bits per heavy atom. The molecule has 0 atom stereocenters. The Morgan fingerprint density at radius 2 is 2.00 bits per heavy atom. The zero-order valence-electron chi connectivity index (χ0n) is 10.3. The van der Waals surface area contributed by atoms with E-state index in [9.17, 15) is 4.79 Å². The van der Waals surface area contributed by atoms with E-state index in [4.69, 9.17) is 5.73 Å². The summed E-state index contributed by atoms with van der Waals surface area (Å²) < 4.78 is 0. The number of hydrogen-bond donors (Lipinski definition) is 2. The van der Waals surface area contributed by atoms with E-state index in [-0.39, 0.29) is 0 Å². The number of fused-ring (bicyclic) bond motifs is 1. The minimum atomic E-state index is -0.469. The molecule has 5 nitrogen and oxygen atoms in total. The Morgan fingerprint density at radius 1 is 1.21 bits per heavy atom. The highest BCUT2D eigenvalue weighted by molar-refractivity contribution is 5.95. The molecule has 3 aromatic rings. The molecule has 0 fully saturated rings. The lowest BCUT2D eigenvalue weighted by atomic mass is 10.1. The summed E-state index contributed by atoms with van der Waals surface area (Å²) in [6.07, 6.45) is 0. The number of rotatable bonds is 2. The van der Waals surface area contributed by atoms with Crippen molar-refractivity contribution in [3.05, 3.63) is 47.7 Å². The quantitative estimate of drug-likeness (QED) is 0.731. The van der Waals surface area contributed by atoms with Gasteiger partial charge in [-0.1, -0.05) is 18.2 Å². The van der Waals surface area contributed by atoms with E-state index in [1.807, 2.05) is 24.3 Å². The Hall–Kier alpha value is -2.69. The third-order valence-electron chi connectivity index (χ3n) is 3.06. The number of primary amides is 1. The Bertz CT molecular complexity index is 776. The van der Waals surface area contributed by atoms with Crippen LogP contribution in [0.25, 0.3) is 22.3 Å². The van der Waals surface area contributed by atoms with Gasteiger partial charge in [0.15, 0.2) is 0 Å². The number of aryl methyl sites for hydroxylation is 1. The molecule has 2 heterocycles. The van der Waals surface area contributed by atoms with Gasteiger partial charge in [0.1, 0.15) is 5.69 Å². The zero-order valence-corrected chi connectivity index (χ0v) is 10.3. The number of para-hydroxylation sites is 1. The van der Waals surface area contributed by atoms with Gasteiger partial charge in [-0.2, -0.15) is 5.10 Å². The van der Waals surface area contributed by atoms with Crippen LogP contribution in [0.15, 0.2) is 36.4 Å². The average Bonchev–Trinajstić information content (AvgIpc) is 2.82. The van der Waals surface area contributed by atoms with E-state index in [0.29, 0.717) is 11.3 Å². The second-order valence-electron chi connectivity index (χ2n) is 4.31. The van der Waals surface area contributed by atoms with Crippen molar-refractivity contribution < 1.29 is 4.79 Å². The van der Waals surface area contributed by atoms with E-state index >= 15 is 0 Å². The molecule has 3 rings (SSSR count). The number of pyridine rings is 1. The summed E-state index contributed by atoms with van der Waals surface area (Å²) in [5.74, 6) is -0.469. The second-order valence-corrected chi connectivity index (χ2v) is 4.31. The van der Waals surface area contributed by atoms with E-state index < -0.39 is 5.91 Å². The van der Waals surface area contributed by atoms with E-state index in [1.54, 1.807) is 19.1 Å². The lowest BCUT2D eigenvalue weighted by molar-refractivity contribution is 0.0999. The van der Waals surface area contributed by atoms with Crippen LogP contribution in [0.1, 0.15) is 16.1 Å². The number of amides is 1. The van der Waals surface area contributed by atoms with Crippen LogP contribution in [0.4, 0.5) is 0 Å². The van der Waals surface area contributed by atoms with Crippen LogP contribution in [0.2, 0.25) is 0 Å². The molecule has 5 heteroatoms. The first-order chi connectivity index (χ1) is 9.16. The first-order valence-electron chi connectivity index (χ1n) is 5.88. The summed E-state index contributed by atoms with van der Waals surface area (Å²) in [6.45, 7) is 1.76. The summed E-state index contributed by atoms with van der Waals surface area (Å²) >= 11 is 0. The number of nitrogens with zero attached hydrogens (tertiary/aromatic N) is 2. The highest BCUT2D eigenvalue weighted by Gasteiger charge is 2.12. The number of carbonyl (C=O) groups excluding carboxylic acids is 1. The second kappa shape index (κ2) is 4.20. The lowest BCUT2D eigenvalue weighted by Gasteiger charge is -2.03. The minimum absolute atomic E-state index is 0.434. The maximum atomic E-state index is 11.2. The standard InChI is InChI=1S/C14H12N4O/c1-8-9(14(15)19)6-7-12(16-8)13-10-4-2-3-5-11(10)17-18-13/h2-7H,1H3,(H2,15,19)(H,17,18). The summed E-state index contributed by atoms with van der Waals surface area (Å²) in [7, 11) is 0. The number of carbonyl (C=O) groups is 1. The Labute approximate surface area is 109 Å². The fraction of sp³-hybridized carbons (Fsp3) is 0.0714. The van der Waals surface area contributed by atoms with Crippen LogP contribution in [-0.4, -0.2) is 21.1 Å². The van der Waals surface area contributed by atoms with Gasteiger partial charge >= 0.3 is 0 Å². The largest absolute Gasteiger partial charge is 0.366 e. The molecule has 0 aliphatic rings. The van der Waals surface area contributed by atoms with Crippen LogP contribution in [0, 0.1) is 6.92 Å². The number of aromatic nitrogens is 3. The van der Waals surface area contributed by atoms with Crippen molar-refractivity contribution in [3.63, 3.8) is 0 Å². The van der Waals surface area contributed by atoms with Crippen molar-refractivity contribution in [2.24, 2.45) is 5.73 Å². The molecule has 0 unspecified atom stereocenters. The summed E-state index contributed by atoms with van der Waals surface area (Å²) in [4.78, 5) is 15.6. The maximum Gasteiger partial charge on any atom is 0.250 e. The molecule has 1 amide bonds. The zero-order chi connectivity index (χ0) is 13.4. The van der Waals surface area contributed by atoms with Crippen LogP contribution in [0.3, 0.4) is 0 Å². The predicted molar refractivity (Wildman–Crippen MR) is 72.6 cm³/mol. The van der Waals surface area contributed by atoms with Crippen LogP contribution in [-0.2, 0) is 0 Å². The third kappa shape index (κ3) is 1.85. The highest BCUT2D eigenvalue weighted by atomic mass is 16.1. The predicted octanol–water partition coefficient (Wildman–Crippen LogP) is 2.03. The number of nitrogens with one attached hydrogen (secondary N) is 1. The van der Waals surface area contributed by atoms with Gasteiger partial charge in [0, 0.05) is 5.39 Å². The SMILES string of the molecule is Cc1nc(-c2n[nH]c3ccccc23)ccc1C(N)=O. The van der Waals surface area contributed by atoms with Crippen molar-refractivity contribution in [1.82, 2.24) is 15.2 Å². The molecule has 0 aliphatic carbocycles. The molecule has 2 aromatic heterocycles. The van der Waals surface area contributed by atoms with Gasteiger partial charge in [0.05, 0.1) is 22.5 Å². The van der Waals surface area contributed by atoms with Gasteiger partial charge in [-0.05, 0) is 25.1 Å². The average molecular weight is 252 g/mol. The molecule has 19 heavy (non-hydrogen) atoms. The van der Waals surface area contributed by atoms with Gasteiger partial charge < -0.3 is 5.73 Å². The monoisotopic (exact) mass is 252 g/mol. The molecule has 0 saturated heterocycles. The van der Waals surface area contributed by atoms with Crippen molar-refractivity contribution >= 4 is 16.8 Å². The topological polar surface area (TPSA) is 84.7 Å². The Kier molecular flexibility index (Phi) is 2.52. The number of nitrogens with two attached hydrogens (primary N) is 1. The van der Waals surface area contributed by atoms with E-state index in [1.165, 1.54) is 0 Å². The molecule has 0 radical (unpaired) electrons. The molecule has 0 bridgehead atoms. The molecule has 3 N–H and O–H groups in total. The van der Waals surface area contributed by atoms with E-state index in [0.717, 1.165) is 22.3 Å². The summed E-state index contributed by atoms with van der Waals surface area (Å²) in [5, 5.41) is 8.24. The van der Waals surface area contributed by atoms with Crippen LogP contribution >= 0.6 is 0 Å². The Balaban J connectivity index is 2.17. The lowest BCUT2D eigenvalue weighted by Crippen LogP contribution is -2.13. The normalized spacial score (nSPS) is 10.8. The molecule has 0 aliphatic heterocycles. The van der Waals surface area contributed by atoms with Gasteiger partial charge in [-0.15, -0.1) is 0 Å². The third-order valence-corrected chi connectivity index (χ3v) is 3.06. The number of hydrogen-bond acceptors (Lipinski definition) is 3. The highest BCUT2D eigenvalue weighted by Crippen LogP contribution is 2.25. The van der Waals surface area contributed by atoms with Gasteiger partial charge in [-0.25, -0.2) is 0 Å². The van der Waals surface area contributed by atoms with E-state index in [2.05, 4.69) is 15.2 Å². The van der Waals surface area contributed by atoms with Crippen molar-refractivity contribution in [1.29, 1.82) is 0 Å². The van der Waals surface area contributed by atoms with Crippen LogP contribution < -0.4 is 5.73 Å². The fourth-order valence-corrected chi connectivity index (χ4v) is 2.11. The number of H-pyrrole nitrogens is 1. The first-order valence-corrected chi connectivity index (χ1v) is 5.88. The van der Waals surface area contributed by atoms with Gasteiger partial charge in [0.25, 0.3) is 5.91 Å². The van der Waals surface area contributed by atoms with Crippen molar-refractivity contribution in [3.8, 4) is 11.4 Å². The smallest absolute Gasteiger partial charge is 0.250 e. The fourth-order valence-electron chi connectivity index (χ4n) is 2.11. The number of benzene rings is 1. The van der Waals surface area contributed by atoms with Crippen LogP contribution in [0.5, 0.6) is 0 Å². The molecule has 0 spiro atoms. The molecule has 0 saturated carbocycles. The van der Waals surface area contributed by atoms with Crippen molar-refractivity contribution in [2.75, 3.05) is 0 Å². The first kappa shape index (κ1) is 11.4. The van der Waals surface area contributed by atoms with Gasteiger partial charge in [0.2, 0.25) is 0 Å². The molecule has 94 valence electrons. The summed E-state index contributed by atoms with van der Waals surface area (Å²) in [6, 6.07) is 11.3. The van der Waals surface area contributed by atoms with Gasteiger partial charge in [-0.3, -0.25) is 14.9 Å². The maximum absolute atomic E-state index is 11.2. The number of aromatic amines is 1. The molecular formula is C14H12N4O.